The fraction of sp³-hybridized carbons (Fsp3) is 0.467. The van der Waals surface area contributed by atoms with Crippen LogP contribution in [0.1, 0.15) is 24.4 Å². The van der Waals surface area contributed by atoms with Crippen molar-refractivity contribution in [2.24, 2.45) is 11.1 Å². The summed E-state index contributed by atoms with van der Waals surface area (Å²) in [4.78, 5) is 2.34. The van der Waals surface area contributed by atoms with Crippen molar-refractivity contribution >= 4 is 21.4 Å². The van der Waals surface area contributed by atoms with Crippen molar-refractivity contribution in [2.75, 3.05) is 20.6 Å². The van der Waals surface area contributed by atoms with Crippen molar-refractivity contribution in [2.45, 2.75) is 18.9 Å². The van der Waals surface area contributed by atoms with Gasteiger partial charge in [0.15, 0.2) is 0 Å². The summed E-state index contributed by atoms with van der Waals surface area (Å²) in [6.07, 6.45) is 2.52. The number of hydrogen-bond acceptors (Lipinski definition) is 3. The van der Waals surface area contributed by atoms with Crippen LogP contribution in [0.5, 0.6) is 0 Å². The minimum Gasteiger partial charge on any atom is -0.330 e. The van der Waals surface area contributed by atoms with Crippen molar-refractivity contribution in [3.8, 4) is 0 Å². The molecule has 1 aliphatic carbocycles. The molecule has 1 saturated carbocycles. The molecule has 1 unspecified atom stereocenters. The highest BCUT2D eigenvalue weighted by atomic mass is 32.1. The van der Waals surface area contributed by atoms with Gasteiger partial charge in [-0.25, -0.2) is 0 Å². The van der Waals surface area contributed by atoms with Crippen LogP contribution in [0.25, 0.3) is 10.1 Å². The minimum absolute atomic E-state index is 0.313. The molecule has 1 aromatic heterocycles. The summed E-state index contributed by atoms with van der Waals surface area (Å²) in [6.45, 7) is 0.792. The monoisotopic (exact) mass is 260 g/mol. The topological polar surface area (TPSA) is 29.3 Å². The fourth-order valence-corrected chi connectivity index (χ4v) is 4.10. The van der Waals surface area contributed by atoms with Crippen LogP contribution in [-0.2, 0) is 0 Å². The zero-order chi connectivity index (χ0) is 12.8. The third kappa shape index (κ3) is 1.78. The summed E-state index contributed by atoms with van der Waals surface area (Å²) in [5.74, 6) is 0. The van der Waals surface area contributed by atoms with Crippen LogP contribution in [0.2, 0.25) is 0 Å². The number of fused-ring (bicyclic) bond motifs is 1. The molecule has 3 heteroatoms. The molecule has 1 fully saturated rings. The van der Waals surface area contributed by atoms with Crippen LogP contribution in [0.15, 0.2) is 29.6 Å². The second-order valence-corrected chi connectivity index (χ2v) is 6.53. The SMILES string of the molecule is CN(C)C(c1csc2ccccc12)C1(CN)CC1. The number of nitrogens with zero attached hydrogens (tertiary/aromatic N) is 1. The van der Waals surface area contributed by atoms with E-state index in [-0.39, 0.29) is 0 Å². The van der Waals surface area contributed by atoms with Gasteiger partial charge in [-0.1, -0.05) is 18.2 Å². The van der Waals surface area contributed by atoms with Crippen LogP contribution in [0, 0.1) is 5.41 Å². The molecule has 1 aliphatic rings. The van der Waals surface area contributed by atoms with Crippen molar-refractivity contribution in [1.29, 1.82) is 0 Å². The molecule has 0 amide bonds. The lowest BCUT2D eigenvalue weighted by atomic mass is 9.89. The van der Waals surface area contributed by atoms with E-state index in [1.807, 2.05) is 11.3 Å². The molecule has 2 aromatic rings. The zero-order valence-electron chi connectivity index (χ0n) is 11.0. The normalized spacial score (nSPS) is 19.3. The van der Waals surface area contributed by atoms with Crippen molar-refractivity contribution in [3.63, 3.8) is 0 Å². The number of hydrogen-bond donors (Lipinski definition) is 1. The Morgan fingerprint density at radius 1 is 1.33 bits per heavy atom. The molecule has 1 heterocycles. The number of benzene rings is 1. The lowest BCUT2D eigenvalue weighted by molar-refractivity contribution is 0.200. The number of thiophene rings is 1. The summed E-state index contributed by atoms with van der Waals surface area (Å²) in [5, 5.41) is 3.73. The minimum atomic E-state index is 0.313. The van der Waals surface area contributed by atoms with Gasteiger partial charge in [0.1, 0.15) is 0 Å². The van der Waals surface area contributed by atoms with Crippen LogP contribution in [0.3, 0.4) is 0 Å². The van der Waals surface area contributed by atoms with Gasteiger partial charge in [0.05, 0.1) is 0 Å². The predicted molar refractivity (Wildman–Crippen MR) is 79.0 cm³/mol. The van der Waals surface area contributed by atoms with Gasteiger partial charge in [-0.3, -0.25) is 0 Å². The summed E-state index contributed by atoms with van der Waals surface area (Å²) < 4.78 is 1.38. The number of rotatable bonds is 4. The Morgan fingerprint density at radius 3 is 2.67 bits per heavy atom. The quantitative estimate of drug-likeness (QED) is 0.914. The molecular weight excluding hydrogens is 240 g/mol. The number of nitrogens with two attached hydrogens (primary N) is 1. The van der Waals surface area contributed by atoms with E-state index in [0.717, 1.165) is 6.54 Å². The van der Waals surface area contributed by atoms with E-state index in [9.17, 15) is 0 Å². The summed E-state index contributed by atoms with van der Waals surface area (Å²) in [5.41, 5.74) is 7.81. The van der Waals surface area contributed by atoms with Gasteiger partial charge in [0.25, 0.3) is 0 Å². The average molecular weight is 260 g/mol. The first-order valence-electron chi connectivity index (χ1n) is 6.50. The molecule has 0 radical (unpaired) electrons. The Labute approximate surface area is 112 Å². The van der Waals surface area contributed by atoms with Crippen LogP contribution < -0.4 is 5.73 Å². The second-order valence-electron chi connectivity index (χ2n) is 5.62. The van der Waals surface area contributed by atoms with Crippen LogP contribution in [-0.4, -0.2) is 25.5 Å². The molecule has 0 saturated heterocycles. The third-order valence-electron chi connectivity index (χ3n) is 4.20. The van der Waals surface area contributed by atoms with Crippen molar-refractivity contribution in [1.82, 2.24) is 4.90 Å². The van der Waals surface area contributed by atoms with E-state index < -0.39 is 0 Å². The maximum atomic E-state index is 6.03. The molecule has 3 rings (SSSR count). The molecule has 0 spiro atoms. The smallest absolute Gasteiger partial charge is 0.0424 e. The lowest BCUT2D eigenvalue weighted by Gasteiger charge is -2.32. The Morgan fingerprint density at radius 2 is 2.06 bits per heavy atom. The van der Waals surface area contributed by atoms with Crippen molar-refractivity contribution in [3.05, 3.63) is 35.2 Å². The first kappa shape index (κ1) is 12.2. The van der Waals surface area contributed by atoms with Gasteiger partial charge in [-0.05, 0) is 55.9 Å². The second kappa shape index (κ2) is 4.34. The Kier molecular flexibility index (Phi) is 2.93. The van der Waals surface area contributed by atoms with E-state index >= 15 is 0 Å². The molecule has 0 bridgehead atoms. The largest absolute Gasteiger partial charge is 0.330 e. The predicted octanol–water partition coefficient (Wildman–Crippen LogP) is 3.24. The maximum absolute atomic E-state index is 6.03. The highest BCUT2D eigenvalue weighted by Crippen LogP contribution is 2.57. The molecule has 2 N–H and O–H groups in total. The Bertz CT molecular complexity index is 554. The molecule has 0 aliphatic heterocycles. The van der Waals surface area contributed by atoms with E-state index in [4.69, 9.17) is 5.73 Å². The van der Waals surface area contributed by atoms with Crippen LogP contribution >= 0.6 is 11.3 Å². The van der Waals surface area contributed by atoms with E-state index in [2.05, 4.69) is 48.6 Å². The van der Waals surface area contributed by atoms with Gasteiger partial charge in [-0.15, -0.1) is 11.3 Å². The van der Waals surface area contributed by atoms with E-state index in [1.165, 1.54) is 28.5 Å². The lowest BCUT2D eigenvalue weighted by Crippen LogP contribution is -2.33. The summed E-state index contributed by atoms with van der Waals surface area (Å²) in [6, 6.07) is 9.15. The van der Waals surface area contributed by atoms with E-state index in [1.54, 1.807) is 0 Å². The maximum Gasteiger partial charge on any atom is 0.0424 e. The fourth-order valence-electron chi connectivity index (χ4n) is 3.12. The van der Waals surface area contributed by atoms with E-state index in [0.29, 0.717) is 11.5 Å². The third-order valence-corrected chi connectivity index (χ3v) is 5.18. The Hall–Kier alpha value is -0.900. The van der Waals surface area contributed by atoms with Gasteiger partial charge in [0, 0.05) is 16.2 Å². The molecule has 1 aromatic carbocycles. The van der Waals surface area contributed by atoms with Gasteiger partial charge in [-0.2, -0.15) is 0 Å². The highest BCUT2D eigenvalue weighted by Gasteiger charge is 2.50. The van der Waals surface area contributed by atoms with Crippen molar-refractivity contribution < 1.29 is 0 Å². The molecular formula is C15H20N2S. The first-order chi connectivity index (χ1) is 8.68. The average Bonchev–Trinajstić information content (AvgIpc) is 3.04. The first-order valence-corrected chi connectivity index (χ1v) is 7.38. The summed E-state index contributed by atoms with van der Waals surface area (Å²) in [7, 11) is 4.35. The zero-order valence-corrected chi connectivity index (χ0v) is 11.8. The highest BCUT2D eigenvalue weighted by molar-refractivity contribution is 7.17. The molecule has 96 valence electrons. The summed E-state index contributed by atoms with van der Waals surface area (Å²) >= 11 is 1.85. The van der Waals surface area contributed by atoms with Crippen LogP contribution in [0.4, 0.5) is 0 Å². The standard InChI is InChI=1S/C15H20N2S/c1-17(2)14(15(10-16)7-8-15)12-9-18-13-6-4-3-5-11(12)13/h3-6,9,14H,7-8,10,16H2,1-2H3. The van der Waals surface area contributed by atoms with Gasteiger partial charge >= 0.3 is 0 Å². The molecule has 2 nitrogen and oxygen atoms in total. The van der Waals surface area contributed by atoms with Gasteiger partial charge < -0.3 is 10.6 Å². The van der Waals surface area contributed by atoms with Gasteiger partial charge in [0.2, 0.25) is 0 Å². The molecule has 18 heavy (non-hydrogen) atoms. The Balaban J connectivity index is 2.10. The molecule has 1 atom stereocenters.